The molecule has 0 bridgehead atoms. The van der Waals surface area contributed by atoms with Crippen LogP contribution in [-0.2, 0) is 0 Å². The molecule has 1 heterocycles. The Kier molecular flexibility index (Phi) is 7.56. The summed E-state index contributed by atoms with van der Waals surface area (Å²) in [7, 11) is 0. The Morgan fingerprint density at radius 2 is 1.71 bits per heavy atom. The van der Waals surface area contributed by atoms with E-state index in [4.69, 9.17) is 5.11 Å². The lowest BCUT2D eigenvalue weighted by atomic mass is 10.1. The molecule has 1 unspecified atom stereocenters. The molecule has 180 valence electrons. The Morgan fingerprint density at radius 1 is 1.03 bits per heavy atom. The maximum absolute atomic E-state index is 13.9. The zero-order chi connectivity index (χ0) is 25.0. The average molecular weight is 487 g/mol. The van der Waals surface area contributed by atoms with Crippen molar-refractivity contribution in [1.29, 1.82) is 0 Å². The van der Waals surface area contributed by atoms with Crippen molar-refractivity contribution in [2.24, 2.45) is 0 Å². The fraction of sp³-hybridized carbons (Fsp3) is 0.190. The quantitative estimate of drug-likeness (QED) is 0.376. The van der Waals surface area contributed by atoms with Gasteiger partial charge in [-0.3, -0.25) is 9.59 Å². The Hall–Kier alpha value is -3.87. The monoisotopic (exact) mass is 487 g/mol. The van der Waals surface area contributed by atoms with Gasteiger partial charge in [-0.1, -0.05) is 6.07 Å². The second kappa shape index (κ2) is 10.4. The molecule has 0 saturated carbocycles. The van der Waals surface area contributed by atoms with Crippen molar-refractivity contribution in [2.45, 2.75) is 25.4 Å². The van der Waals surface area contributed by atoms with Gasteiger partial charge >= 0.3 is 6.61 Å². The smallest absolute Gasteiger partial charge is 0.387 e. The van der Waals surface area contributed by atoms with E-state index in [1.54, 1.807) is 0 Å². The Bertz CT molecular complexity index is 1220. The molecule has 3 aromatic rings. The molecule has 0 aliphatic rings. The first-order valence-electron chi connectivity index (χ1n) is 9.43. The third kappa shape index (κ3) is 5.73. The first-order valence-corrected chi connectivity index (χ1v) is 9.43. The van der Waals surface area contributed by atoms with E-state index in [-0.39, 0.29) is 22.7 Å². The Labute approximate surface area is 187 Å². The van der Waals surface area contributed by atoms with Gasteiger partial charge < -0.3 is 15.2 Å². The van der Waals surface area contributed by atoms with Gasteiger partial charge in [-0.15, -0.1) is 0 Å². The molecule has 0 radical (unpaired) electrons. The van der Waals surface area contributed by atoms with Gasteiger partial charge in [0.15, 0.2) is 6.10 Å². The number of hydrogen-bond donors (Lipinski definition) is 2. The van der Waals surface area contributed by atoms with Crippen LogP contribution in [0.3, 0.4) is 0 Å². The predicted molar refractivity (Wildman–Crippen MR) is 106 cm³/mol. The van der Waals surface area contributed by atoms with Gasteiger partial charge in [-0.05, 0) is 48.5 Å². The zero-order valence-corrected chi connectivity index (χ0v) is 16.8. The number of ether oxygens (including phenoxy) is 1. The van der Waals surface area contributed by atoms with E-state index < -0.39 is 48.3 Å². The molecule has 3 rings (SSSR count). The van der Waals surface area contributed by atoms with Crippen molar-refractivity contribution in [3.05, 3.63) is 76.3 Å². The van der Waals surface area contributed by atoms with Crippen LogP contribution >= 0.6 is 0 Å². The molecule has 0 aliphatic carbocycles. The summed E-state index contributed by atoms with van der Waals surface area (Å²) in [5, 5.41) is 14.6. The highest BCUT2D eigenvalue weighted by Crippen LogP contribution is 2.23. The number of aliphatic hydroxyl groups is 1. The minimum absolute atomic E-state index is 0.109. The molecule has 1 aromatic heterocycles. The van der Waals surface area contributed by atoms with Gasteiger partial charge in [0.05, 0.1) is 11.4 Å². The molecule has 1 amide bonds. The fourth-order valence-electron chi connectivity index (χ4n) is 2.80. The van der Waals surface area contributed by atoms with E-state index in [1.165, 1.54) is 29.6 Å². The molecule has 0 saturated heterocycles. The van der Waals surface area contributed by atoms with E-state index in [2.05, 4.69) is 9.84 Å². The van der Waals surface area contributed by atoms with Crippen LogP contribution in [0.4, 0.5) is 26.3 Å². The van der Waals surface area contributed by atoms with Crippen molar-refractivity contribution in [2.75, 3.05) is 0 Å². The predicted octanol–water partition coefficient (Wildman–Crippen LogP) is 3.29. The second-order valence-corrected chi connectivity index (χ2v) is 6.74. The van der Waals surface area contributed by atoms with Crippen LogP contribution in [0.25, 0.3) is 16.9 Å². The average Bonchev–Trinajstić information content (AvgIpc) is 2.78. The highest BCUT2D eigenvalue weighted by atomic mass is 19.3. The lowest BCUT2D eigenvalue weighted by molar-refractivity contribution is -0.0551. The number of halogens is 6. The Morgan fingerprint density at radius 3 is 2.29 bits per heavy atom. The van der Waals surface area contributed by atoms with Gasteiger partial charge in [0.1, 0.15) is 17.1 Å². The Balaban J connectivity index is 2.09. The van der Waals surface area contributed by atoms with Crippen molar-refractivity contribution >= 4 is 5.91 Å². The van der Waals surface area contributed by atoms with Crippen molar-refractivity contribution in [3.63, 3.8) is 0 Å². The molecule has 34 heavy (non-hydrogen) atoms. The summed E-state index contributed by atoms with van der Waals surface area (Å²) in [6, 6.07) is 10.2. The third-order valence-corrected chi connectivity index (χ3v) is 4.41. The molecule has 7 nitrogen and oxygen atoms in total. The van der Waals surface area contributed by atoms with Gasteiger partial charge in [0, 0.05) is 5.56 Å². The van der Waals surface area contributed by atoms with Crippen molar-refractivity contribution in [3.8, 4) is 22.7 Å². The van der Waals surface area contributed by atoms with Gasteiger partial charge in [-0.2, -0.15) is 18.6 Å². The minimum Gasteiger partial charge on any atom is -0.435 e. The van der Waals surface area contributed by atoms with Crippen LogP contribution in [-0.4, -0.2) is 46.2 Å². The summed E-state index contributed by atoms with van der Waals surface area (Å²) < 4.78 is 82.2. The second-order valence-electron chi connectivity index (χ2n) is 6.74. The summed E-state index contributed by atoms with van der Waals surface area (Å²) in [4.78, 5) is 25.3. The molecule has 2 N–H and O–H groups in total. The molecular formula is C21H15F6N3O4. The normalized spacial score (nSPS) is 13.1. The van der Waals surface area contributed by atoms with Crippen LogP contribution in [0.2, 0.25) is 0 Å². The number of carbonyl (C=O) groups excluding carboxylic acids is 1. The maximum atomic E-state index is 13.9. The SMILES string of the molecule is O=C(NC(F)[C@@H](O)C(F)F)c1cc(-c2ccc(OC(F)F)cc2)nn(-c2cccc(F)c2)c1=O. The number of hydrogen-bond acceptors (Lipinski definition) is 5. The number of benzene rings is 2. The molecule has 0 fully saturated rings. The number of alkyl halides is 5. The van der Waals surface area contributed by atoms with E-state index in [0.717, 1.165) is 30.3 Å². The van der Waals surface area contributed by atoms with Crippen LogP contribution in [0.1, 0.15) is 10.4 Å². The summed E-state index contributed by atoms with van der Waals surface area (Å²) in [6.07, 6.45) is -9.27. The van der Waals surface area contributed by atoms with E-state index in [0.29, 0.717) is 4.68 Å². The summed E-state index contributed by atoms with van der Waals surface area (Å²) in [5.74, 6) is -2.40. The minimum atomic E-state index is -3.51. The number of carbonyl (C=O) groups is 1. The largest absolute Gasteiger partial charge is 0.435 e. The third-order valence-electron chi connectivity index (χ3n) is 4.41. The fourth-order valence-corrected chi connectivity index (χ4v) is 2.80. The van der Waals surface area contributed by atoms with Crippen LogP contribution in [0.5, 0.6) is 5.75 Å². The van der Waals surface area contributed by atoms with Gasteiger partial charge in [0.2, 0.25) is 6.30 Å². The lowest BCUT2D eigenvalue weighted by Crippen LogP contribution is -2.45. The van der Waals surface area contributed by atoms with Crippen LogP contribution in [0, 0.1) is 5.82 Å². The van der Waals surface area contributed by atoms with E-state index in [1.807, 2.05) is 0 Å². The molecule has 0 aliphatic heterocycles. The van der Waals surface area contributed by atoms with E-state index >= 15 is 0 Å². The number of nitrogens with zero attached hydrogens (tertiary/aromatic N) is 2. The number of aliphatic hydroxyl groups excluding tert-OH is 1. The highest BCUT2D eigenvalue weighted by Gasteiger charge is 2.30. The molecule has 13 heteroatoms. The standard InChI is InChI=1S/C21H15F6N3O4/c22-11-2-1-3-12(8-11)30-20(33)14(19(32)28-18(25)16(31)17(23)24)9-15(29-30)10-4-6-13(7-5-10)34-21(26)27/h1-9,16-18,21,31H,(H,28,32)/t16-,18?/m0/s1. The first-order chi connectivity index (χ1) is 16.1. The highest BCUT2D eigenvalue weighted by molar-refractivity contribution is 5.95. The number of nitrogens with one attached hydrogen (secondary N) is 1. The summed E-state index contributed by atoms with van der Waals surface area (Å²) in [5.41, 5.74) is -1.97. The summed E-state index contributed by atoms with van der Waals surface area (Å²) >= 11 is 0. The number of rotatable bonds is 8. The topological polar surface area (TPSA) is 93.4 Å². The molecule has 2 aromatic carbocycles. The van der Waals surface area contributed by atoms with Crippen molar-refractivity contribution < 1.29 is 41.0 Å². The lowest BCUT2D eigenvalue weighted by Gasteiger charge is -2.17. The molecule has 2 atom stereocenters. The molecular weight excluding hydrogens is 472 g/mol. The molecule has 0 spiro atoms. The number of aromatic nitrogens is 2. The maximum Gasteiger partial charge on any atom is 0.387 e. The van der Waals surface area contributed by atoms with Crippen molar-refractivity contribution in [1.82, 2.24) is 15.1 Å². The van der Waals surface area contributed by atoms with E-state index in [9.17, 15) is 35.9 Å². The van der Waals surface area contributed by atoms with Crippen LogP contribution < -0.4 is 15.6 Å². The van der Waals surface area contributed by atoms with Gasteiger partial charge in [-0.25, -0.2) is 17.6 Å². The summed E-state index contributed by atoms with van der Waals surface area (Å²) in [6.45, 7) is -3.08. The first kappa shape index (κ1) is 24.8. The number of amides is 1. The van der Waals surface area contributed by atoms with Gasteiger partial charge in [0.25, 0.3) is 17.9 Å². The van der Waals surface area contributed by atoms with Crippen LogP contribution in [0.15, 0.2) is 59.4 Å². The zero-order valence-electron chi connectivity index (χ0n) is 16.8.